The van der Waals surface area contributed by atoms with Gasteiger partial charge in [-0.15, -0.1) is 0 Å². The lowest BCUT2D eigenvalue weighted by Crippen LogP contribution is -2.25. The van der Waals surface area contributed by atoms with Crippen LogP contribution in [0, 0.1) is 3.57 Å². The van der Waals surface area contributed by atoms with E-state index < -0.39 is 0 Å². The minimum Gasteiger partial charge on any atom is -0.309 e. The summed E-state index contributed by atoms with van der Waals surface area (Å²) in [5.74, 6) is 0. The molecule has 0 fully saturated rings. The molecule has 1 nitrogen and oxygen atoms in total. The minimum absolute atomic E-state index is 0.233. The Kier molecular flexibility index (Phi) is 10.8. The summed E-state index contributed by atoms with van der Waals surface area (Å²) < 4.78 is 5.96. The highest BCUT2D eigenvalue weighted by molar-refractivity contribution is 14.1. The maximum atomic E-state index is 3.64. The molecule has 372 valence electrons. The number of nitrogens with zero attached hydrogens (tertiary/aromatic N) is 1. The van der Waals surface area contributed by atoms with Gasteiger partial charge in [0.05, 0.1) is 21.9 Å². The van der Waals surface area contributed by atoms with Crippen molar-refractivity contribution >= 4 is 76.3 Å². The van der Waals surface area contributed by atoms with Gasteiger partial charge in [-0.05, 0) is 189 Å². The Morgan fingerprint density at radius 1 is 0.316 bits per heavy atom. The number of halogens is 3. The topological polar surface area (TPSA) is 4.93 Å². The number of fused-ring (bicyclic) bond motifs is 28. The number of aromatic nitrogens is 1. The van der Waals surface area contributed by atoms with Gasteiger partial charge in [0.25, 0.3) is 0 Å². The monoisotopic (exact) mass is 1250 g/mol. The van der Waals surface area contributed by atoms with Crippen LogP contribution in [-0.2, 0) is 17.3 Å². The molecule has 0 bridgehead atoms. The number of hydrogen-bond donors (Lipinski definition) is 0. The van der Waals surface area contributed by atoms with Gasteiger partial charge in [-0.25, -0.2) is 0 Å². The fraction of sp³-hybridized carbons (Fsp3) is 0.0400. The first-order valence-corrected chi connectivity index (χ1v) is 29.7. The smallest absolute Gasteiger partial charge is 0.0726 e. The molecule has 12 aromatic carbocycles. The summed E-state index contributed by atoms with van der Waals surface area (Å²) in [6, 6.07) is 98.5. The van der Waals surface area contributed by atoms with E-state index in [0.717, 1.165) is 15.4 Å². The molecule has 5 aliphatic rings. The molecule has 13 aromatic rings. The molecule has 2 spiro atoms. The molecular formula is C75H46Br2IN. The van der Waals surface area contributed by atoms with E-state index in [1.807, 2.05) is 12.1 Å². The van der Waals surface area contributed by atoms with Crippen molar-refractivity contribution in [3.05, 3.63) is 335 Å². The van der Waals surface area contributed by atoms with E-state index in [4.69, 9.17) is 0 Å². The third kappa shape index (κ3) is 6.60. The fourth-order valence-corrected chi connectivity index (χ4v) is 15.6. The van der Waals surface area contributed by atoms with Crippen molar-refractivity contribution in [3.63, 3.8) is 0 Å². The molecular weight excluding hydrogens is 1200 g/mol. The third-order valence-corrected chi connectivity index (χ3v) is 19.4. The molecule has 0 radical (unpaired) electrons. The summed E-state index contributed by atoms with van der Waals surface area (Å²) in [6.07, 6.45) is 1.02. The van der Waals surface area contributed by atoms with Gasteiger partial charge in [-0.3, -0.25) is 0 Å². The fourth-order valence-electron chi connectivity index (χ4n) is 14.7. The molecule has 1 heterocycles. The highest BCUT2D eigenvalue weighted by Crippen LogP contribution is 2.66. The Balaban J connectivity index is 0.000000117. The first kappa shape index (κ1) is 47.2. The second-order valence-corrected chi connectivity index (χ2v) is 24.3. The van der Waals surface area contributed by atoms with Crippen molar-refractivity contribution in [1.29, 1.82) is 0 Å². The summed E-state index contributed by atoms with van der Waals surface area (Å²) in [4.78, 5) is 0. The molecule has 4 heteroatoms. The van der Waals surface area contributed by atoms with Gasteiger partial charge in [0.15, 0.2) is 0 Å². The molecule has 79 heavy (non-hydrogen) atoms. The number of para-hydroxylation sites is 1. The van der Waals surface area contributed by atoms with Crippen molar-refractivity contribution in [1.82, 2.24) is 4.57 Å². The summed E-state index contributed by atoms with van der Waals surface area (Å²) in [6.45, 7) is 0. The van der Waals surface area contributed by atoms with E-state index >= 15 is 0 Å². The summed E-state index contributed by atoms with van der Waals surface area (Å²) in [5, 5.41) is 2.57. The van der Waals surface area contributed by atoms with Crippen LogP contribution in [0.15, 0.2) is 276 Å². The van der Waals surface area contributed by atoms with Crippen LogP contribution >= 0.6 is 54.5 Å². The van der Waals surface area contributed by atoms with Crippen LogP contribution in [0.1, 0.15) is 55.6 Å². The van der Waals surface area contributed by atoms with E-state index in [0.29, 0.717) is 0 Å². The predicted octanol–water partition coefficient (Wildman–Crippen LogP) is 20.5. The van der Waals surface area contributed by atoms with Crippen LogP contribution in [0.2, 0.25) is 0 Å². The molecule has 5 aliphatic carbocycles. The van der Waals surface area contributed by atoms with Gasteiger partial charge in [-0.2, -0.15) is 0 Å². The molecule has 18 rings (SSSR count). The minimum atomic E-state index is -0.339. The average molecular weight is 1250 g/mol. The Labute approximate surface area is 490 Å². The van der Waals surface area contributed by atoms with E-state index in [-0.39, 0.29) is 10.8 Å². The largest absolute Gasteiger partial charge is 0.309 e. The van der Waals surface area contributed by atoms with Gasteiger partial charge in [-0.1, -0.05) is 244 Å². The highest BCUT2D eigenvalue weighted by atomic mass is 127. The van der Waals surface area contributed by atoms with Crippen LogP contribution < -0.4 is 0 Å². The number of benzene rings is 12. The predicted molar refractivity (Wildman–Crippen MR) is 343 cm³/mol. The lowest BCUT2D eigenvalue weighted by atomic mass is 9.70. The van der Waals surface area contributed by atoms with Crippen LogP contribution in [0.5, 0.6) is 0 Å². The zero-order valence-electron chi connectivity index (χ0n) is 42.7. The normalized spacial score (nSPS) is 13.9. The Bertz CT molecular complexity index is 4570. The molecule has 0 unspecified atom stereocenters. The highest BCUT2D eigenvalue weighted by Gasteiger charge is 2.54. The molecule has 1 aromatic heterocycles. The molecule has 0 aliphatic heterocycles. The maximum absolute atomic E-state index is 3.64. The lowest BCUT2D eigenvalue weighted by Gasteiger charge is -2.30. The number of hydrogen-bond acceptors (Lipinski definition) is 0. The van der Waals surface area contributed by atoms with Crippen molar-refractivity contribution < 1.29 is 0 Å². The molecule has 0 saturated carbocycles. The van der Waals surface area contributed by atoms with Crippen molar-refractivity contribution in [2.45, 2.75) is 17.3 Å². The van der Waals surface area contributed by atoms with Crippen molar-refractivity contribution in [3.8, 4) is 61.3 Å². The van der Waals surface area contributed by atoms with E-state index in [1.165, 1.54) is 142 Å². The first-order chi connectivity index (χ1) is 39.0. The van der Waals surface area contributed by atoms with Crippen molar-refractivity contribution in [2.75, 3.05) is 0 Å². The lowest BCUT2D eigenvalue weighted by molar-refractivity contribution is 0.793. The Morgan fingerprint density at radius 3 is 1.25 bits per heavy atom. The first-order valence-electron chi connectivity index (χ1n) is 27.0. The van der Waals surface area contributed by atoms with Crippen molar-refractivity contribution in [2.24, 2.45) is 0 Å². The van der Waals surface area contributed by atoms with Gasteiger partial charge < -0.3 is 4.57 Å². The maximum Gasteiger partial charge on any atom is 0.0726 e. The zero-order chi connectivity index (χ0) is 52.6. The van der Waals surface area contributed by atoms with E-state index in [9.17, 15) is 0 Å². The molecule has 0 atom stereocenters. The molecule has 0 saturated heterocycles. The van der Waals surface area contributed by atoms with Gasteiger partial charge in [0.1, 0.15) is 0 Å². The van der Waals surface area contributed by atoms with Crippen LogP contribution in [0.25, 0.3) is 83.1 Å². The molecule has 0 N–H and O–H groups in total. The van der Waals surface area contributed by atoms with Gasteiger partial charge in [0.2, 0.25) is 0 Å². The number of rotatable bonds is 1. The summed E-state index contributed by atoms with van der Waals surface area (Å²) >= 11 is 9.26. The standard InChI is InChI=1S/C37H22BrN.C32H20.C6H4BrI/c38-23-17-19-24(20-18-23)39-34-16-8-4-11-27(34)28-21-22-33-35(36(28)39)29-12-3-7-15-32(29)37(33)30-13-5-1-9-25(30)26-10-2-6-14-31(26)37;1-2-10-21-20(9-1)19-26-22(21)17-18-30-31(26)25-13-5-8-16-29(25)32(30)27-14-6-3-11-23(27)24-12-4-7-15-28(24)32;7-5-1-3-6(8)4-2-5/h1-22H;1-18H,19H2;1-4H. The SMILES string of the molecule is Brc1ccc(-n2c3ccccc3c3ccc4c(c32)-c2ccccc2C42c3ccccc3-c3ccccc32)cc1.Brc1ccc(I)cc1.c1ccc2c(c1)Cc1c-2ccc2c1-c1ccccc1C21c2ccccc2-c2ccccc21. The van der Waals surface area contributed by atoms with Crippen LogP contribution in [-0.4, -0.2) is 4.57 Å². The average Bonchev–Trinajstić information content (AvgIpc) is 2.29. The quantitative estimate of drug-likeness (QED) is 0.144. The second kappa shape index (κ2) is 18.1. The summed E-state index contributed by atoms with van der Waals surface area (Å²) in [7, 11) is 0. The zero-order valence-corrected chi connectivity index (χ0v) is 48.0. The van der Waals surface area contributed by atoms with Gasteiger partial charge in [0, 0.05) is 34.5 Å². The van der Waals surface area contributed by atoms with Crippen LogP contribution in [0.3, 0.4) is 0 Å². The van der Waals surface area contributed by atoms with E-state index in [2.05, 4.69) is 314 Å². The third-order valence-electron chi connectivity index (χ3n) is 17.6. The van der Waals surface area contributed by atoms with Gasteiger partial charge >= 0.3 is 0 Å². The van der Waals surface area contributed by atoms with E-state index in [1.54, 1.807) is 0 Å². The molecule has 0 amide bonds. The Hall–Kier alpha value is -7.87. The van der Waals surface area contributed by atoms with Crippen LogP contribution in [0.4, 0.5) is 0 Å². The second-order valence-electron chi connectivity index (χ2n) is 21.3. The summed E-state index contributed by atoms with van der Waals surface area (Å²) in [5.41, 5.74) is 31.0. The Morgan fingerprint density at radius 2 is 0.722 bits per heavy atom.